The molecule has 0 bridgehead atoms. The summed E-state index contributed by atoms with van der Waals surface area (Å²) in [4.78, 5) is 30.4. The molecule has 7 nitrogen and oxygen atoms in total. The highest BCUT2D eigenvalue weighted by atomic mass is 16.2. The third-order valence-electron chi connectivity index (χ3n) is 5.49. The summed E-state index contributed by atoms with van der Waals surface area (Å²) in [6.45, 7) is 2.00. The highest BCUT2D eigenvalue weighted by molar-refractivity contribution is 6.08. The first-order chi connectivity index (χ1) is 16.6. The lowest BCUT2D eigenvalue weighted by Crippen LogP contribution is -2.41. The SMILES string of the molecule is Cc1ccc(-c2cc(C(=O)NNC(=O)c3cc(-c4ccccc4)nc4ccccc34)[nH]n2)cc1. The van der Waals surface area contributed by atoms with Gasteiger partial charge in [-0.25, -0.2) is 4.98 Å². The first-order valence-electron chi connectivity index (χ1n) is 10.8. The van der Waals surface area contributed by atoms with Gasteiger partial charge in [0, 0.05) is 16.5 Å². The van der Waals surface area contributed by atoms with Gasteiger partial charge in [-0.15, -0.1) is 0 Å². The summed E-state index contributed by atoms with van der Waals surface area (Å²) in [6, 6.07) is 28.2. The monoisotopic (exact) mass is 447 g/mol. The van der Waals surface area contributed by atoms with Crippen molar-refractivity contribution in [3.8, 4) is 22.5 Å². The van der Waals surface area contributed by atoms with Crippen LogP contribution in [-0.4, -0.2) is 27.0 Å². The lowest BCUT2D eigenvalue weighted by atomic mass is 10.0. The second-order valence-corrected chi connectivity index (χ2v) is 7.88. The fraction of sp³-hybridized carbons (Fsp3) is 0.0370. The molecule has 0 saturated heterocycles. The van der Waals surface area contributed by atoms with E-state index < -0.39 is 11.8 Å². The van der Waals surface area contributed by atoms with Crippen molar-refractivity contribution in [1.29, 1.82) is 0 Å². The van der Waals surface area contributed by atoms with Crippen molar-refractivity contribution in [1.82, 2.24) is 26.0 Å². The van der Waals surface area contributed by atoms with Crippen molar-refractivity contribution in [3.63, 3.8) is 0 Å². The first-order valence-corrected chi connectivity index (χ1v) is 10.8. The number of rotatable bonds is 4. The maximum Gasteiger partial charge on any atom is 0.287 e. The fourth-order valence-electron chi connectivity index (χ4n) is 3.68. The van der Waals surface area contributed by atoms with Crippen molar-refractivity contribution < 1.29 is 9.59 Å². The number of amides is 2. The zero-order valence-corrected chi connectivity index (χ0v) is 18.4. The van der Waals surface area contributed by atoms with Crippen molar-refractivity contribution in [2.45, 2.75) is 6.92 Å². The molecule has 0 fully saturated rings. The Kier molecular flexibility index (Phi) is 5.58. The van der Waals surface area contributed by atoms with Gasteiger partial charge < -0.3 is 0 Å². The van der Waals surface area contributed by atoms with E-state index in [4.69, 9.17) is 0 Å². The molecule has 5 rings (SSSR count). The summed E-state index contributed by atoms with van der Waals surface area (Å²) in [7, 11) is 0. The van der Waals surface area contributed by atoms with E-state index in [1.807, 2.05) is 85.8 Å². The maximum atomic E-state index is 13.1. The van der Waals surface area contributed by atoms with Gasteiger partial charge in [-0.2, -0.15) is 5.10 Å². The standard InChI is InChI=1S/C27H21N5O2/c1-17-11-13-19(14-12-17)24-16-25(30-29-24)27(34)32-31-26(33)21-15-23(18-7-3-2-4-8-18)28-22-10-6-5-9-20(21)22/h2-16H,1H3,(H,29,30)(H,31,33)(H,32,34). The number of H-pyrrole nitrogens is 1. The molecule has 2 amide bonds. The van der Waals surface area contributed by atoms with Crippen LogP contribution in [0.4, 0.5) is 0 Å². The Bertz CT molecular complexity index is 1490. The van der Waals surface area contributed by atoms with E-state index in [-0.39, 0.29) is 5.69 Å². The van der Waals surface area contributed by atoms with Crippen LogP contribution < -0.4 is 10.9 Å². The second kappa shape index (κ2) is 8.99. The molecule has 7 heteroatoms. The number of aryl methyl sites for hydroxylation is 1. The fourth-order valence-corrected chi connectivity index (χ4v) is 3.68. The quantitative estimate of drug-likeness (QED) is 0.349. The Morgan fingerprint density at radius 3 is 2.21 bits per heavy atom. The van der Waals surface area contributed by atoms with Gasteiger partial charge in [0.05, 0.1) is 22.5 Å². The molecule has 3 aromatic carbocycles. The molecule has 0 aliphatic carbocycles. The first kappa shape index (κ1) is 21.1. The van der Waals surface area contributed by atoms with Gasteiger partial charge in [0.25, 0.3) is 11.8 Å². The van der Waals surface area contributed by atoms with Crippen LogP contribution in [0, 0.1) is 6.92 Å². The smallest absolute Gasteiger partial charge is 0.272 e. The summed E-state index contributed by atoms with van der Waals surface area (Å²) in [5.74, 6) is -0.941. The minimum atomic E-state index is -0.499. The molecule has 0 spiro atoms. The summed E-state index contributed by atoms with van der Waals surface area (Å²) in [5.41, 5.74) is 10.6. The Balaban J connectivity index is 1.36. The average molecular weight is 447 g/mol. The molecule has 3 N–H and O–H groups in total. The zero-order valence-electron chi connectivity index (χ0n) is 18.4. The average Bonchev–Trinajstić information content (AvgIpc) is 3.38. The predicted molar refractivity (Wildman–Crippen MR) is 131 cm³/mol. The van der Waals surface area contributed by atoms with Crippen molar-refractivity contribution in [2.75, 3.05) is 0 Å². The number of hydrogen-bond donors (Lipinski definition) is 3. The van der Waals surface area contributed by atoms with Crippen LogP contribution in [0.15, 0.2) is 91.0 Å². The number of nitrogens with zero attached hydrogens (tertiary/aromatic N) is 2. The summed E-state index contributed by atoms with van der Waals surface area (Å²) < 4.78 is 0. The lowest BCUT2D eigenvalue weighted by Gasteiger charge is -2.11. The molecule has 166 valence electrons. The third kappa shape index (κ3) is 4.27. The molecule has 2 aromatic heterocycles. The van der Waals surface area contributed by atoms with Gasteiger partial charge >= 0.3 is 0 Å². The molecule has 2 heterocycles. The van der Waals surface area contributed by atoms with E-state index in [1.54, 1.807) is 12.1 Å². The number of pyridine rings is 1. The van der Waals surface area contributed by atoms with E-state index >= 15 is 0 Å². The lowest BCUT2D eigenvalue weighted by molar-refractivity contribution is 0.0845. The molecular formula is C27H21N5O2. The highest BCUT2D eigenvalue weighted by Crippen LogP contribution is 2.24. The number of aromatic amines is 1. The predicted octanol–water partition coefficient (Wildman–Crippen LogP) is 4.68. The van der Waals surface area contributed by atoms with Gasteiger partial charge in [0.15, 0.2) is 0 Å². The van der Waals surface area contributed by atoms with E-state index in [0.29, 0.717) is 27.9 Å². The largest absolute Gasteiger partial charge is 0.287 e. The minimum absolute atomic E-state index is 0.237. The highest BCUT2D eigenvalue weighted by Gasteiger charge is 2.16. The topological polar surface area (TPSA) is 99.8 Å². The molecule has 0 atom stereocenters. The Hall–Kier alpha value is -4.78. The third-order valence-corrected chi connectivity index (χ3v) is 5.49. The van der Waals surface area contributed by atoms with Gasteiger partial charge in [0.2, 0.25) is 0 Å². The van der Waals surface area contributed by atoms with E-state index in [0.717, 1.165) is 16.7 Å². The van der Waals surface area contributed by atoms with Gasteiger partial charge in [-0.3, -0.25) is 25.5 Å². The van der Waals surface area contributed by atoms with Crippen LogP contribution in [0.5, 0.6) is 0 Å². The van der Waals surface area contributed by atoms with Gasteiger partial charge in [0.1, 0.15) is 5.69 Å². The number of nitrogens with one attached hydrogen (secondary N) is 3. The zero-order chi connectivity index (χ0) is 23.5. The second-order valence-electron chi connectivity index (χ2n) is 7.88. The molecule has 0 radical (unpaired) electrons. The van der Waals surface area contributed by atoms with Crippen molar-refractivity contribution in [2.24, 2.45) is 0 Å². The van der Waals surface area contributed by atoms with E-state index in [2.05, 4.69) is 26.0 Å². The van der Waals surface area contributed by atoms with Crippen LogP contribution >= 0.6 is 0 Å². The normalized spacial score (nSPS) is 10.7. The Morgan fingerprint density at radius 1 is 0.735 bits per heavy atom. The van der Waals surface area contributed by atoms with Crippen LogP contribution in [0.3, 0.4) is 0 Å². The van der Waals surface area contributed by atoms with Crippen molar-refractivity contribution >= 4 is 22.7 Å². The summed E-state index contributed by atoms with van der Waals surface area (Å²) in [6.07, 6.45) is 0. The molecule has 0 aliphatic rings. The number of hydrogen-bond acceptors (Lipinski definition) is 4. The molecule has 0 aliphatic heterocycles. The Morgan fingerprint density at radius 2 is 1.41 bits per heavy atom. The number of para-hydroxylation sites is 1. The number of fused-ring (bicyclic) bond motifs is 1. The number of hydrazine groups is 1. The number of carbonyl (C=O) groups excluding carboxylic acids is 2. The summed E-state index contributed by atoms with van der Waals surface area (Å²) >= 11 is 0. The van der Waals surface area contributed by atoms with Crippen LogP contribution in [-0.2, 0) is 0 Å². The van der Waals surface area contributed by atoms with Gasteiger partial charge in [-0.05, 0) is 25.1 Å². The molecule has 0 unspecified atom stereocenters. The number of carbonyl (C=O) groups is 2. The van der Waals surface area contributed by atoms with E-state index in [1.165, 1.54) is 0 Å². The number of benzene rings is 3. The molecule has 34 heavy (non-hydrogen) atoms. The van der Waals surface area contributed by atoms with Crippen LogP contribution in [0.25, 0.3) is 33.4 Å². The summed E-state index contributed by atoms with van der Waals surface area (Å²) in [5, 5.41) is 7.61. The maximum absolute atomic E-state index is 13.1. The van der Waals surface area contributed by atoms with Crippen molar-refractivity contribution in [3.05, 3.63) is 108 Å². The molecule has 0 saturated carbocycles. The Labute approximate surface area is 195 Å². The molecule has 5 aromatic rings. The van der Waals surface area contributed by atoms with Crippen LogP contribution in [0.2, 0.25) is 0 Å². The number of aromatic nitrogens is 3. The van der Waals surface area contributed by atoms with E-state index in [9.17, 15) is 9.59 Å². The minimum Gasteiger partial charge on any atom is -0.272 e. The van der Waals surface area contributed by atoms with Gasteiger partial charge in [-0.1, -0.05) is 78.4 Å². The molecular weight excluding hydrogens is 426 g/mol. The van der Waals surface area contributed by atoms with Crippen LogP contribution in [0.1, 0.15) is 26.4 Å².